The van der Waals surface area contributed by atoms with Crippen LogP contribution in [0.15, 0.2) is 9.59 Å². The van der Waals surface area contributed by atoms with Gasteiger partial charge >= 0.3 is 5.69 Å². The van der Waals surface area contributed by atoms with E-state index in [1.165, 1.54) is 0 Å². The number of hydrogen-bond donors (Lipinski definition) is 4. The van der Waals surface area contributed by atoms with Gasteiger partial charge in [0.25, 0.3) is 5.56 Å². The number of aromatic nitrogens is 3. The zero-order valence-corrected chi connectivity index (χ0v) is 7.70. The summed E-state index contributed by atoms with van der Waals surface area (Å²) in [5.41, 5.74) is -1.21. The van der Waals surface area contributed by atoms with E-state index in [2.05, 4.69) is 15.5 Å². The van der Waals surface area contributed by atoms with Gasteiger partial charge in [-0.1, -0.05) is 6.92 Å². The van der Waals surface area contributed by atoms with Crippen molar-refractivity contribution in [1.29, 1.82) is 0 Å². The second-order valence-corrected chi connectivity index (χ2v) is 3.02. The summed E-state index contributed by atoms with van der Waals surface area (Å²) in [5, 5.41) is 17.0. The van der Waals surface area contributed by atoms with Crippen LogP contribution in [0.1, 0.15) is 6.92 Å². The summed E-state index contributed by atoms with van der Waals surface area (Å²) in [7, 11) is 0. The molecule has 7 nitrogen and oxygen atoms in total. The molecule has 1 heterocycles. The van der Waals surface area contributed by atoms with E-state index in [1.807, 2.05) is 11.9 Å². The quantitative estimate of drug-likeness (QED) is 0.472. The molecule has 0 aliphatic carbocycles. The van der Waals surface area contributed by atoms with E-state index >= 15 is 0 Å². The van der Waals surface area contributed by atoms with Crippen molar-refractivity contribution in [3.8, 4) is 0 Å². The van der Waals surface area contributed by atoms with Gasteiger partial charge in [0, 0.05) is 13.2 Å². The molecule has 1 rings (SSSR count). The molecule has 1 aromatic heterocycles. The van der Waals surface area contributed by atoms with Gasteiger partial charge in [-0.2, -0.15) is 0 Å². The second-order valence-electron chi connectivity index (χ2n) is 3.02. The molecule has 0 saturated carbocycles. The lowest BCUT2D eigenvalue weighted by atomic mass is 10.2. The van der Waals surface area contributed by atoms with Gasteiger partial charge in [0.15, 0.2) is 0 Å². The molecule has 1 unspecified atom stereocenters. The van der Waals surface area contributed by atoms with E-state index in [-0.39, 0.29) is 18.3 Å². The number of nitrogens with zero attached hydrogens (tertiary/aromatic N) is 1. The highest BCUT2D eigenvalue weighted by atomic mass is 16.3. The van der Waals surface area contributed by atoms with Crippen LogP contribution in [0.3, 0.4) is 0 Å². The molecule has 0 bridgehead atoms. The molecule has 0 radical (unpaired) electrons. The molecule has 7 heteroatoms. The van der Waals surface area contributed by atoms with Gasteiger partial charge in [0.05, 0.1) is 0 Å². The van der Waals surface area contributed by atoms with Crippen molar-refractivity contribution in [2.24, 2.45) is 5.92 Å². The van der Waals surface area contributed by atoms with Crippen LogP contribution in [-0.4, -0.2) is 33.4 Å². The first-order valence-corrected chi connectivity index (χ1v) is 4.17. The summed E-state index contributed by atoms with van der Waals surface area (Å²) in [5.74, 6) is 0.0630. The van der Waals surface area contributed by atoms with Crippen molar-refractivity contribution in [2.75, 3.05) is 18.5 Å². The standard InChI is InChI=1S/C7H12N4O3/c1-4(3-12)2-8-5-6(13)9-7(14)11-10-5/h4,12H,2-3H2,1H3,(H,8,10)(H2,9,11,13,14). The van der Waals surface area contributed by atoms with E-state index in [0.29, 0.717) is 6.54 Å². The third-order valence-electron chi connectivity index (χ3n) is 1.64. The molecular weight excluding hydrogens is 188 g/mol. The number of rotatable bonds is 4. The molecule has 1 atom stereocenters. The van der Waals surface area contributed by atoms with Gasteiger partial charge in [-0.15, -0.1) is 5.10 Å². The van der Waals surface area contributed by atoms with E-state index in [1.54, 1.807) is 0 Å². The normalized spacial score (nSPS) is 12.4. The van der Waals surface area contributed by atoms with Gasteiger partial charge in [0.1, 0.15) is 0 Å². The summed E-state index contributed by atoms with van der Waals surface area (Å²) >= 11 is 0. The van der Waals surface area contributed by atoms with Crippen LogP contribution in [0.2, 0.25) is 0 Å². The molecule has 0 aromatic carbocycles. The Morgan fingerprint density at radius 3 is 2.86 bits per heavy atom. The maximum absolute atomic E-state index is 11.1. The number of aliphatic hydroxyl groups excluding tert-OH is 1. The van der Waals surface area contributed by atoms with E-state index in [0.717, 1.165) is 0 Å². The van der Waals surface area contributed by atoms with E-state index in [9.17, 15) is 9.59 Å². The minimum atomic E-state index is -0.643. The van der Waals surface area contributed by atoms with Gasteiger partial charge in [-0.25, -0.2) is 9.89 Å². The number of aliphatic hydroxyl groups is 1. The molecule has 0 aliphatic heterocycles. The van der Waals surface area contributed by atoms with Crippen molar-refractivity contribution in [3.05, 3.63) is 20.8 Å². The van der Waals surface area contributed by atoms with Crippen molar-refractivity contribution < 1.29 is 5.11 Å². The SMILES string of the molecule is CC(CO)CNc1n[nH]c(=O)[nH]c1=O. The Labute approximate surface area is 79.2 Å². The topological polar surface area (TPSA) is 111 Å². The summed E-state index contributed by atoms with van der Waals surface area (Å²) in [6, 6.07) is 0. The monoisotopic (exact) mass is 200 g/mol. The van der Waals surface area contributed by atoms with Gasteiger partial charge in [-0.3, -0.25) is 9.78 Å². The van der Waals surface area contributed by atoms with Crippen molar-refractivity contribution in [2.45, 2.75) is 6.92 Å². The van der Waals surface area contributed by atoms with Gasteiger partial charge < -0.3 is 10.4 Å². The smallest absolute Gasteiger partial charge is 0.342 e. The van der Waals surface area contributed by atoms with Crippen LogP contribution in [-0.2, 0) is 0 Å². The molecule has 4 N–H and O–H groups in total. The largest absolute Gasteiger partial charge is 0.396 e. The molecule has 0 saturated heterocycles. The highest BCUT2D eigenvalue weighted by molar-refractivity contribution is 5.28. The predicted molar refractivity (Wildman–Crippen MR) is 50.2 cm³/mol. The minimum absolute atomic E-state index is 0.0168. The number of hydrogen-bond acceptors (Lipinski definition) is 5. The average Bonchev–Trinajstić information content (AvgIpc) is 2.16. The van der Waals surface area contributed by atoms with Crippen molar-refractivity contribution in [1.82, 2.24) is 15.2 Å². The molecule has 1 aromatic rings. The minimum Gasteiger partial charge on any atom is -0.396 e. The van der Waals surface area contributed by atoms with Crippen molar-refractivity contribution >= 4 is 5.82 Å². The number of aromatic amines is 2. The Balaban J connectivity index is 2.68. The van der Waals surface area contributed by atoms with Crippen LogP contribution in [0.25, 0.3) is 0 Å². The fraction of sp³-hybridized carbons (Fsp3) is 0.571. The highest BCUT2D eigenvalue weighted by Crippen LogP contribution is 1.94. The Kier molecular flexibility index (Phi) is 3.41. The lowest BCUT2D eigenvalue weighted by Gasteiger charge is -2.08. The second kappa shape index (κ2) is 4.56. The maximum atomic E-state index is 11.1. The fourth-order valence-corrected chi connectivity index (χ4v) is 0.803. The average molecular weight is 200 g/mol. The summed E-state index contributed by atoms with van der Waals surface area (Å²) in [6.45, 7) is 2.25. The van der Waals surface area contributed by atoms with Crippen LogP contribution in [0, 0.1) is 5.92 Å². The molecule has 0 spiro atoms. The Morgan fingerprint density at radius 2 is 2.29 bits per heavy atom. The zero-order chi connectivity index (χ0) is 10.6. The fourth-order valence-electron chi connectivity index (χ4n) is 0.803. The van der Waals surface area contributed by atoms with Crippen LogP contribution < -0.4 is 16.6 Å². The molecule has 0 amide bonds. The molecular formula is C7H12N4O3. The third kappa shape index (κ3) is 2.70. The first-order valence-electron chi connectivity index (χ1n) is 4.17. The highest BCUT2D eigenvalue weighted by Gasteiger charge is 2.03. The Hall–Kier alpha value is -1.63. The number of nitrogens with one attached hydrogen (secondary N) is 3. The van der Waals surface area contributed by atoms with E-state index in [4.69, 9.17) is 5.11 Å². The van der Waals surface area contributed by atoms with E-state index < -0.39 is 11.2 Å². The third-order valence-corrected chi connectivity index (χ3v) is 1.64. The summed E-state index contributed by atoms with van der Waals surface area (Å²) in [6.07, 6.45) is 0. The maximum Gasteiger partial charge on any atom is 0.342 e. The van der Waals surface area contributed by atoms with Crippen molar-refractivity contribution in [3.63, 3.8) is 0 Å². The zero-order valence-electron chi connectivity index (χ0n) is 7.70. The Morgan fingerprint density at radius 1 is 1.57 bits per heavy atom. The molecule has 78 valence electrons. The lowest BCUT2D eigenvalue weighted by molar-refractivity contribution is 0.244. The van der Waals surface area contributed by atoms with Crippen LogP contribution in [0.4, 0.5) is 5.82 Å². The Bertz CT molecular complexity index is 396. The van der Waals surface area contributed by atoms with Crippen LogP contribution in [0.5, 0.6) is 0 Å². The van der Waals surface area contributed by atoms with Gasteiger partial charge in [-0.05, 0) is 5.92 Å². The molecule has 0 fully saturated rings. The summed E-state index contributed by atoms with van der Waals surface area (Å²) in [4.78, 5) is 23.7. The number of anilines is 1. The molecule has 0 aliphatic rings. The first kappa shape index (κ1) is 10.5. The van der Waals surface area contributed by atoms with Gasteiger partial charge in [0.2, 0.25) is 5.82 Å². The van der Waals surface area contributed by atoms with Crippen LogP contribution >= 0.6 is 0 Å². The molecule has 14 heavy (non-hydrogen) atoms. The predicted octanol–water partition coefficient (Wildman–Crippen LogP) is -1.50. The summed E-state index contributed by atoms with van der Waals surface area (Å²) < 4.78 is 0. The number of H-pyrrole nitrogens is 2. The lowest BCUT2D eigenvalue weighted by Crippen LogP contribution is -2.28. The first-order chi connectivity index (χ1) is 6.63.